The number of amidine groups is 2. The van der Waals surface area contributed by atoms with E-state index in [2.05, 4.69) is 114 Å². The molecule has 6 heteroatoms. The van der Waals surface area contributed by atoms with Gasteiger partial charge < -0.3 is 19.5 Å². The fraction of sp³-hybridized carbons (Fsp3) is 0.0435. The van der Waals surface area contributed by atoms with Gasteiger partial charge in [0.05, 0.1) is 5.56 Å². The molecule has 4 heterocycles. The van der Waals surface area contributed by atoms with E-state index in [9.17, 15) is 0 Å². The molecular formula is C46H30N4O2. The Morgan fingerprint density at radius 3 is 2.27 bits per heavy atom. The van der Waals surface area contributed by atoms with Crippen molar-refractivity contribution in [3.8, 4) is 0 Å². The van der Waals surface area contributed by atoms with Gasteiger partial charge in [0, 0.05) is 33.8 Å². The third kappa shape index (κ3) is 4.51. The van der Waals surface area contributed by atoms with Crippen molar-refractivity contribution in [1.29, 1.82) is 0 Å². The van der Waals surface area contributed by atoms with Crippen molar-refractivity contribution in [2.45, 2.75) is 6.17 Å². The summed E-state index contributed by atoms with van der Waals surface area (Å²) < 4.78 is 12.6. The molecule has 11 rings (SSSR count). The molecule has 7 aromatic carbocycles. The standard InChI is InChI=1S/C46H30N4O2/c1-2-10-27(11-3-1)43-48-44(50-45(49-43)36-17-9-19-39-41(36)35-15-6-7-18-38(35)51-39)34-16-8-14-30-24-31(20-21-32(30)34)33-22-23-47-46-42(33)37-25-28-12-4-5-13-29(28)26-40(37)52-46/h1-22,24-26,43,47H,23H2,(H,48,49,50). The normalized spacial score (nSPS) is 15.7. The first-order valence-corrected chi connectivity index (χ1v) is 17.6. The van der Waals surface area contributed by atoms with Crippen LogP contribution >= 0.6 is 0 Å². The first kappa shape index (κ1) is 28.9. The summed E-state index contributed by atoms with van der Waals surface area (Å²) in [7, 11) is 0. The Morgan fingerprint density at radius 1 is 0.577 bits per heavy atom. The number of anilines is 1. The van der Waals surface area contributed by atoms with Gasteiger partial charge in [0.1, 0.15) is 28.8 Å². The molecule has 0 saturated carbocycles. The molecule has 0 fully saturated rings. The minimum Gasteiger partial charge on any atom is -0.456 e. The molecule has 246 valence electrons. The van der Waals surface area contributed by atoms with Crippen LogP contribution in [-0.2, 0) is 0 Å². The Hall–Kier alpha value is -6.92. The third-order valence-electron chi connectivity index (χ3n) is 10.3. The van der Waals surface area contributed by atoms with Crippen LogP contribution in [0.4, 0.5) is 5.88 Å². The Labute approximate surface area is 298 Å². The molecule has 6 nitrogen and oxygen atoms in total. The zero-order chi connectivity index (χ0) is 34.2. The van der Waals surface area contributed by atoms with E-state index in [0.29, 0.717) is 12.4 Å². The van der Waals surface area contributed by atoms with Gasteiger partial charge in [-0.15, -0.1) is 0 Å². The number of hydrogen-bond donors (Lipinski definition) is 2. The van der Waals surface area contributed by atoms with Crippen LogP contribution in [0.5, 0.6) is 0 Å². The number of para-hydroxylation sites is 1. The van der Waals surface area contributed by atoms with E-state index < -0.39 is 0 Å². The summed E-state index contributed by atoms with van der Waals surface area (Å²) in [6.45, 7) is 0.695. The highest BCUT2D eigenvalue weighted by atomic mass is 16.4. The van der Waals surface area contributed by atoms with Gasteiger partial charge in [-0.05, 0) is 68.6 Å². The predicted molar refractivity (Wildman–Crippen MR) is 212 cm³/mol. The molecule has 0 amide bonds. The Balaban J connectivity index is 1.05. The molecule has 2 aliphatic rings. The number of furan rings is 2. The van der Waals surface area contributed by atoms with Crippen LogP contribution < -0.4 is 10.6 Å². The maximum absolute atomic E-state index is 6.38. The molecule has 0 saturated heterocycles. The van der Waals surface area contributed by atoms with Gasteiger partial charge >= 0.3 is 0 Å². The third-order valence-corrected chi connectivity index (χ3v) is 10.3. The highest BCUT2D eigenvalue weighted by Gasteiger charge is 2.26. The van der Waals surface area contributed by atoms with Crippen molar-refractivity contribution in [2.75, 3.05) is 11.9 Å². The van der Waals surface area contributed by atoms with E-state index in [4.69, 9.17) is 18.8 Å². The zero-order valence-corrected chi connectivity index (χ0v) is 27.9. The molecular weight excluding hydrogens is 641 g/mol. The Bertz CT molecular complexity index is 3000. The molecule has 1 unspecified atom stereocenters. The summed E-state index contributed by atoms with van der Waals surface area (Å²) in [5.74, 6) is 2.26. The summed E-state index contributed by atoms with van der Waals surface area (Å²) in [4.78, 5) is 10.5. The fourth-order valence-electron chi connectivity index (χ4n) is 7.91. The molecule has 1 atom stereocenters. The lowest BCUT2D eigenvalue weighted by molar-refractivity contribution is 0.628. The first-order valence-electron chi connectivity index (χ1n) is 17.6. The van der Waals surface area contributed by atoms with Gasteiger partial charge in [-0.3, -0.25) is 0 Å². The number of rotatable bonds is 4. The lowest BCUT2D eigenvalue weighted by atomic mass is 9.91. The maximum atomic E-state index is 6.38. The molecule has 52 heavy (non-hydrogen) atoms. The molecule has 0 bridgehead atoms. The number of hydrogen-bond acceptors (Lipinski definition) is 6. The molecule has 0 aliphatic carbocycles. The van der Waals surface area contributed by atoms with Crippen LogP contribution in [0.3, 0.4) is 0 Å². The first-order chi connectivity index (χ1) is 25.7. The van der Waals surface area contributed by atoms with Crippen LogP contribution in [0, 0.1) is 0 Å². The second-order valence-electron chi connectivity index (χ2n) is 13.4. The summed E-state index contributed by atoms with van der Waals surface area (Å²) in [6.07, 6.45) is 1.94. The number of benzene rings is 7. The molecule has 0 radical (unpaired) electrons. The van der Waals surface area contributed by atoms with Gasteiger partial charge in [0.15, 0.2) is 5.84 Å². The Kier molecular flexibility index (Phi) is 6.28. The molecule has 2 aliphatic heterocycles. The van der Waals surface area contributed by atoms with Gasteiger partial charge in [-0.25, -0.2) is 9.98 Å². The summed E-state index contributed by atoms with van der Waals surface area (Å²) in [6, 6.07) is 50.6. The lowest BCUT2D eigenvalue weighted by Gasteiger charge is -2.24. The summed E-state index contributed by atoms with van der Waals surface area (Å²) in [5.41, 5.74) is 9.00. The van der Waals surface area contributed by atoms with Gasteiger partial charge in [-0.2, -0.15) is 0 Å². The highest BCUT2D eigenvalue weighted by molar-refractivity contribution is 6.23. The molecule has 2 aromatic heterocycles. The van der Waals surface area contributed by atoms with Gasteiger partial charge in [0.25, 0.3) is 0 Å². The average molecular weight is 671 g/mol. The number of aliphatic imine (C=N–C) groups is 2. The Morgan fingerprint density at radius 2 is 1.35 bits per heavy atom. The van der Waals surface area contributed by atoms with Crippen molar-refractivity contribution < 1.29 is 8.83 Å². The number of nitrogens with one attached hydrogen (secondary N) is 2. The van der Waals surface area contributed by atoms with E-state index in [1.165, 1.54) is 16.3 Å². The predicted octanol–water partition coefficient (Wildman–Crippen LogP) is 11.0. The second kappa shape index (κ2) is 11.3. The SMILES string of the molecule is C1=C(c2ccc3c(C4=NC(c5ccccc5)NC(c5cccc6oc7ccccc7c56)=N4)cccc3c2)c2c(oc3cc4ccccc4cc23)NC1. The summed E-state index contributed by atoms with van der Waals surface area (Å²) in [5, 5.41) is 14.9. The van der Waals surface area contributed by atoms with Crippen molar-refractivity contribution in [3.05, 3.63) is 179 Å². The van der Waals surface area contributed by atoms with Crippen LogP contribution in [0.2, 0.25) is 0 Å². The van der Waals surface area contributed by atoms with E-state index in [1.807, 2.05) is 48.5 Å². The monoisotopic (exact) mass is 670 g/mol. The van der Waals surface area contributed by atoms with Gasteiger partial charge in [0.2, 0.25) is 5.88 Å². The largest absolute Gasteiger partial charge is 0.456 e. The smallest absolute Gasteiger partial charge is 0.202 e. The molecule has 9 aromatic rings. The minimum atomic E-state index is -0.324. The topological polar surface area (TPSA) is 75.1 Å². The second-order valence-corrected chi connectivity index (χ2v) is 13.4. The number of fused-ring (bicyclic) bond motifs is 8. The lowest BCUT2D eigenvalue weighted by Crippen LogP contribution is -2.33. The maximum Gasteiger partial charge on any atom is 0.202 e. The fourth-order valence-corrected chi connectivity index (χ4v) is 7.91. The van der Waals surface area contributed by atoms with Crippen molar-refractivity contribution in [2.24, 2.45) is 9.98 Å². The quantitative estimate of drug-likeness (QED) is 0.195. The van der Waals surface area contributed by atoms with Crippen molar-refractivity contribution in [1.82, 2.24) is 5.32 Å². The van der Waals surface area contributed by atoms with E-state index in [-0.39, 0.29) is 6.17 Å². The van der Waals surface area contributed by atoms with Crippen LogP contribution in [0.1, 0.15) is 34.0 Å². The van der Waals surface area contributed by atoms with E-state index in [1.54, 1.807) is 0 Å². The van der Waals surface area contributed by atoms with Crippen molar-refractivity contribution in [3.63, 3.8) is 0 Å². The van der Waals surface area contributed by atoms with E-state index in [0.717, 1.165) is 83.2 Å². The van der Waals surface area contributed by atoms with Crippen molar-refractivity contribution >= 4 is 77.6 Å². The average Bonchev–Trinajstić information content (AvgIpc) is 3.77. The number of nitrogens with zero attached hydrogens (tertiary/aromatic N) is 2. The zero-order valence-electron chi connectivity index (χ0n) is 27.9. The van der Waals surface area contributed by atoms with E-state index >= 15 is 0 Å². The van der Waals surface area contributed by atoms with Crippen LogP contribution in [-0.4, -0.2) is 18.2 Å². The molecule has 0 spiro atoms. The summed E-state index contributed by atoms with van der Waals surface area (Å²) >= 11 is 0. The van der Waals surface area contributed by atoms with Crippen LogP contribution in [0.15, 0.2) is 170 Å². The van der Waals surface area contributed by atoms with Gasteiger partial charge in [-0.1, -0.05) is 121 Å². The molecule has 2 N–H and O–H groups in total. The minimum absolute atomic E-state index is 0.324. The highest BCUT2D eigenvalue weighted by Crippen LogP contribution is 2.42. The van der Waals surface area contributed by atoms with Crippen LogP contribution in [0.25, 0.3) is 60.0 Å².